The lowest BCUT2D eigenvalue weighted by Gasteiger charge is -2.21. The van der Waals surface area contributed by atoms with E-state index >= 15 is 0 Å². The highest BCUT2D eigenvalue weighted by molar-refractivity contribution is 6.04. The molecule has 0 unspecified atom stereocenters. The first-order chi connectivity index (χ1) is 5.31. The minimum atomic E-state index is -0.727. The number of Topliss-reactive ketones (excluding diaryl/α,β-unsaturated/α-hetero) is 1. The Bertz CT molecular complexity index is 251. The Labute approximate surface area is 72.6 Å². The average molecular weight is 169 g/mol. The number of hydrogen-bond acceptors (Lipinski definition) is 3. The lowest BCUT2D eigenvalue weighted by Crippen LogP contribution is -2.29. The van der Waals surface area contributed by atoms with E-state index in [1.165, 1.54) is 6.20 Å². The molecule has 0 radical (unpaired) electrons. The van der Waals surface area contributed by atoms with Gasteiger partial charge in [-0.3, -0.25) is 4.79 Å². The third kappa shape index (κ3) is 1.14. The third-order valence-corrected chi connectivity index (χ3v) is 2.12. The van der Waals surface area contributed by atoms with E-state index in [1.54, 1.807) is 13.8 Å². The molecule has 3 heteroatoms. The Morgan fingerprint density at radius 3 is 1.92 bits per heavy atom. The molecule has 0 amide bonds. The van der Waals surface area contributed by atoms with Gasteiger partial charge < -0.3 is 10.5 Å². The number of ether oxygens (including phenoxy) is 1. The fourth-order valence-corrected chi connectivity index (χ4v) is 1.61. The van der Waals surface area contributed by atoms with Gasteiger partial charge in [-0.25, -0.2) is 0 Å². The normalized spacial score (nSPS) is 29.7. The maximum absolute atomic E-state index is 11.6. The quantitative estimate of drug-likeness (QED) is 0.550. The van der Waals surface area contributed by atoms with Gasteiger partial charge in [0.15, 0.2) is 5.78 Å². The van der Waals surface area contributed by atoms with Crippen LogP contribution in [0.3, 0.4) is 0 Å². The molecule has 0 aromatic heterocycles. The van der Waals surface area contributed by atoms with E-state index in [2.05, 4.69) is 0 Å². The van der Waals surface area contributed by atoms with Gasteiger partial charge in [0.2, 0.25) is 0 Å². The van der Waals surface area contributed by atoms with E-state index in [4.69, 9.17) is 10.5 Å². The van der Waals surface area contributed by atoms with Gasteiger partial charge in [-0.1, -0.05) is 0 Å². The fraction of sp³-hybridized carbons (Fsp3) is 0.667. The summed E-state index contributed by atoms with van der Waals surface area (Å²) in [4.78, 5) is 11.6. The average Bonchev–Trinajstić information content (AvgIpc) is 1.98. The SMILES string of the molecule is CC1(C)OC(C)(C)/C(=C\N)C1=O. The summed E-state index contributed by atoms with van der Waals surface area (Å²) in [5.74, 6) is -0.0185. The van der Waals surface area contributed by atoms with E-state index in [0.717, 1.165) is 0 Å². The standard InChI is InChI=1S/C9H15NO2/c1-8(2)6(5-10)7(11)9(3,4)12-8/h5H,10H2,1-4H3/b6-5-. The minimum absolute atomic E-state index is 0.0185. The Kier molecular flexibility index (Phi) is 1.80. The molecule has 0 atom stereocenters. The number of ketones is 1. The molecule has 1 aliphatic heterocycles. The molecule has 2 N–H and O–H groups in total. The van der Waals surface area contributed by atoms with Gasteiger partial charge in [0.05, 0.1) is 5.60 Å². The lowest BCUT2D eigenvalue weighted by atomic mass is 9.93. The van der Waals surface area contributed by atoms with Gasteiger partial charge in [-0.2, -0.15) is 0 Å². The smallest absolute Gasteiger partial charge is 0.194 e. The molecule has 0 saturated carbocycles. The summed E-state index contributed by atoms with van der Waals surface area (Å²) in [5.41, 5.74) is 4.65. The number of carbonyl (C=O) groups is 1. The number of rotatable bonds is 0. The molecule has 1 heterocycles. The van der Waals surface area contributed by atoms with Crippen molar-refractivity contribution in [3.05, 3.63) is 11.8 Å². The summed E-state index contributed by atoms with van der Waals surface area (Å²) < 4.78 is 5.55. The molecule has 0 aromatic carbocycles. The van der Waals surface area contributed by atoms with Crippen LogP contribution in [-0.2, 0) is 9.53 Å². The molecule has 0 aliphatic carbocycles. The van der Waals surface area contributed by atoms with Gasteiger partial charge in [-0.05, 0) is 27.7 Å². The second-order valence-corrected chi connectivity index (χ2v) is 4.03. The highest BCUT2D eigenvalue weighted by Gasteiger charge is 2.49. The summed E-state index contributed by atoms with van der Waals surface area (Å²) in [5, 5.41) is 0. The van der Waals surface area contributed by atoms with Gasteiger partial charge in [0.25, 0.3) is 0 Å². The van der Waals surface area contributed by atoms with Gasteiger partial charge >= 0.3 is 0 Å². The first-order valence-corrected chi connectivity index (χ1v) is 3.98. The van der Waals surface area contributed by atoms with E-state index < -0.39 is 11.2 Å². The van der Waals surface area contributed by atoms with Crippen LogP contribution < -0.4 is 5.73 Å². The summed E-state index contributed by atoms with van der Waals surface area (Å²) in [6, 6.07) is 0. The van der Waals surface area contributed by atoms with Crippen LogP contribution in [0.15, 0.2) is 11.8 Å². The molecular weight excluding hydrogens is 154 g/mol. The molecule has 0 bridgehead atoms. The molecule has 0 spiro atoms. The van der Waals surface area contributed by atoms with Crippen LogP contribution in [0.2, 0.25) is 0 Å². The van der Waals surface area contributed by atoms with Crippen LogP contribution >= 0.6 is 0 Å². The zero-order chi connectivity index (χ0) is 9.57. The molecule has 3 nitrogen and oxygen atoms in total. The van der Waals surface area contributed by atoms with Crippen LogP contribution in [0.4, 0.5) is 0 Å². The summed E-state index contributed by atoms with van der Waals surface area (Å²) >= 11 is 0. The highest BCUT2D eigenvalue weighted by Crippen LogP contribution is 2.37. The van der Waals surface area contributed by atoms with Crippen molar-refractivity contribution in [2.45, 2.75) is 38.9 Å². The van der Waals surface area contributed by atoms with Crippen LogP contribution in [-0.4, -0.2) is 17.0 Å². The molecule has 68 valence electrons. The zero-order valence-electron chi connectivity index (χ0n) is 7.97. The maximum Gasteiger partial charge on any atom is 0.194 e. The topological polar surface area (TPSA) is 52.3 Å². The van der Waals surface area contributed by atoms with Crippen molar-refractivity contribution in [3.63, 3.8) is 0 Å². The van der Waals surface area contributed by atoms with Crippen LogP contribution in [0.25, 0.3) is 0 Å². The van der Waals surface area contributed by atoms with Crippen LogP contribution in [0.5, 0.6) is 0 Å². The Morgan fingerprint density at radius 2 is 1.75 bits per heavy atom. The lowest BCUT2D eigenvalue weighted by molar-refractivity contribution is -0.132. The van der Waals surface area contributed by atoms with Crippen molar-refractivity contribution in [1.82, 2.24) is 0 Å². The number of hydrogen-bond donors (Lipinski definition) is 1. The second kappa shape index (κ2) is 2.33. The highest BCUT2D eigenvalue weighted by atomic mass is 16.5. The predicted molar refractivity (Wildman–Crippen MR) is 46.5 cm³/mol. The fourth-order valence-electron chi connectivity index (χ4n) is 1.61. The monoisotopic (exact) mass is 169 g/mol. The zero-order valence-corrected chi connectivity index (χ0v) is 7.97. The van der Waals surface area contributed by atoms with E-state index in [-0.39, 0.29) is 5.78 Å². The van der Waals surface area contributed by atoms with Crippen molar-refractivity contribution >= 4 is 5.78 Å². The first-order valence-electron chi connectivity index (χ1n) is 3.98. The largest absolute Gasteiger partial charge is 0.404 e. The van der Waals surface area contributed by atoms with Crippen LogP contribution in [0, 0.1) is 0 Å². The van der Waals surface area contributed by atoms with Crippen molar-refractivity contribution in [3.8, 4) is 0 Å². The molecule has 1 rings (SSSR count). The van der Waals surface area contributed by atoms with Gasteiger partial charge in [-0.15, -0.1) is 0 Å². The Hall–Kier alpha value is -0.830. The van der Waals surface area contributed by atoms with Crippen molar-refractivity contribution in [2.75, 3.05) is 0 Å². The number of nitrogens with two attached hydrogens (primary N) is 1. The molecule has 1 aliphatic rings. The molecule has 1 fully saturated rings. The Morgan fingerprint density at radius 1 is 1.25 bits per heavy atom. The van der Waals surface area contributed by atoms with Crippen molar-refractivity contribution in [2.24, 2.45) is 5.73 Å². The van der Waals surface area contributed by atoms with Crippen LogP contribution in [0.1, 0.15) is 27.7 Å². The first kappa shape index (κ1) is 9.26. The van der Waals surface area contributed by atoms with Gasteiger partial charge in [0.1, 0.15) is 5.60 Å². The summed E-state index contributed by atoms with van der Waals surface area (Å²) in [6.45, 7) is 7.21. The van der Waals surface area contributed by atoms with E-state index in [9.17, 15) is 4.79 Å². The van der Waals surface area contributed by atoms with E-state index in [0.29, 0.717) is 5.57 Å². The number of carbonyl (C=O) groups excluding carboxylic acids is 1. The van der Waals surface area contributed by atoms with Crippen molar-refractivity contribution in [1.29, 1.82) is 0 Å². The maximum atomic E-state index is 11.6. The molecule has 0 aromatic rings. The van der Waals surface area contributed by atoms with Gasteiger partial charge in [0, 0.05) is 11.8 Å². The third-order valence-electron chi connectivity index (χ3n) is 2.12. The minimum Gasteiger partial charge on any atom is -0.404 e. The molecular formula is C9H15NO2. The Balaban J connectivity index is 3.14. The molecule has 1 saturated heterocycles. The van der Waals surface area contributed by atoms with E-state index in [1.807, 2.05) is 13.8 Å². The second-order valence-electron chi connectivity index (χ2n) is 4.03. The summed E-state index contributed by atoms with van der Waals surface area (Å²) in [7, 11) is 0. The summed E-state index contributed by atoms with van der Waals surface area (Å²) in [6.07, 6.45) is 1.34. The predicted octanol–water partition coefficient (Wildman–Crippen LogP) is 0.986. The molecule has 12 heavy (non-hydrogen) atoms. The van der Waals surface area contributed by atoms with Crippen molar-refractivity contribution < 1.29 is 9.53 Å².